The highest BCUT2D eigenvalue weighted by Crippen LogP contribution is 2.54. The number of hydrogen-bond acceptors (Lipinski definition) is 5. The summed E-state index contributed by atoms with van der Waals surface area (Å²) in [6.45, 7) is 8.26. The van der Waals surface area contributed by atoms with Gasteiger partial charge in [0.2, 0.25) is 0 Å². The smallest absolute Gasteiger partial charge is 0.410 e. The molecule has 0 unspecified atom stereocenters. The molecule has 172 valence electrons. The number of aryl methyl sites for hydroxylation is 3. The predicted molar refractivity (Wildman–Crippen MR) is 127 cm³/mol. The fraction of sp³-hybridized carbons (Fsp3) is 0.435. The van der Waals surface area contributed by atoms with Crippen LogP contribution in [0.15, 0.2) is 46.2 Å². The van der Waals surface area contributed by atoms with Crippen molar-refractivity contribution in [1.29, 1.82) is 0 Å². The fourth-order valence-corrected chi connectivity index (χ4v) is 7.27. The van der Waals surface area contributed by atoms with E-state index in [1.165, 1.54) is 0 Å². The molecule has 0 heterocycles. The van der Waals surface area contributed by atoms with Crippen molar-refractivity contribution in [2.75, 3.05) is 19.1 Å². The maximum atomic E-state index is 12.8. The lowest BCUT2D eigenvalue weighted by atomic mass is 10.1. The number of rotatable bonds is 9. The van der Waals surface area contributed by atoms with Gasteiger partial charge in [0.05, 0.1) is 4.90 Å². The Morgan fingerprint density at radius 2 is 1.61 bits per heavy atom. The number of ether oxygens (including phenoxy) is 1. The van der Waals surface area contributed by atoms with Gasteiger partial charge in [-0.15, -0.1) is 0 Å². The maximum absolute atomic E-state index is 12.8. The van der Waals surface area contributed by atoms with Gasteiger partial charge < -0.3 is 10.1 Å². The minimum atomic E-state index is -3.92. The third-order valence-corrected chi connectivity index (χ3v) is 9.25. The zero-order chi connectivity index (χ0) is 23.2. The third-order valence-electron chi connectivity index (χ3n) is 4.82. The quantitative estimate of drug-likeness (QED) is 0.483. The van der Waals surface area contributed by atoms with E-state index in [2.05, 4.69) is 12.2 Å². The summed E-state index contributed by atoms with van der Waals surface area (Å²) in [6, 6.07) is 10.2. The molecule has 0 atom stereocenters. The molecule has 0 radical (unpaired) electrons. The summed E-state index contributed by atoms with van der Waals surface area (Å²) in [5, 5.41) is 2.75. The minimum absolute atomic E-state index is 0.132. The van der Waals surface area contributed by atoms with Gasteiger partial charge in [0.15, 0.2) is 0 Å². The highest BCUT2D eigenvalue weighted by molar-refractivity contribution is 8.32. The number of benzene rings is 2. The van der Waals surface area contributed by atoms with Crippen molar-refractivity contribution in [3.63, 3.8) is 0 Å². The molecule has 0 spiro atoms. The third kappa shape index (κ3) is 6.98. The Hall–Kier alpha value is -2.03. The molecular weight excluding hydrogens is 434 g/mol. The SMILES string of the molecule is CCCCCNC(=O)Oc1cc(C)c(S(C)(C)OS(=O)(=O)c2ccc(C)cc2)cc1C. The van der Waals surface area contributed by atoms with E-state index in [4.69, 9.17) is 8.37 Å². The van der Waals surface area contributed by atoms with Gasteiger partial charge in [-0.05, 0) is 75.1 Å². The lowest BCUT2D eigenvalue weighted by Gasteiger charge is -2.32. The molecule has 2 aromatic rings. The van der Waals surface area contributed by atoms with Crippen molar-refractivity contribution in [3.8, 4) is 5.75 Å². The zero-order valence-corrected chi connectivity index (χ0v) is 20.8. The fourth-order valence-electron chi connectivity index (χ4n) is 3.11. The Balaban J connectivity index is 2.19. The molecule has 2 aromatic carbocycles. The molecule has 0 bridgehead atoms. The first-order chi connectivity index (χ1) is 14.5. The van der Waals surface area contributed by atoms with Crippen molar-refractivity contribution in [1.82, 2.24) is 5.32 Å². The van der Waals surface area contributed by atoms with Crippen LogP contribution >= 0.6 is 10.3 Å². The van der Waals surface area contributed by atoms with Crippen LogP contribution in [0.3, 0.4) is 0 Å². The van der Waals surface area contributed by atoms with E-state index in [0.717, 1.165) is 40.8 Å². The van der Waals surface area contributed by atoms with E-state index in [1.807, 2.05) is 26.8 Å². The number of amides is 1. The first-order valence-corrected chi connectivity index (χ1v) is 14.1. The summed E-state index contributed by atoms with van der Waals surface area (Å²) in [5.41, 5.74) is 2.52. The van der Waals surface area contributed by atoms with Gasteiger partial charge in [0.1, 0.15) is 5.75 Å². The van der Waals surface area contributed by atoms with Crippen LogP contribution in [0.4, 0.5) is 4.79 Å². The molecule has 0 aliphatic rings. The average molecular weight is 468 g/mol. The number of carbonyl (C=O) groups excluding carboxylic acids is 1. The van der Waals surface area contributed by atoms with E-state index in [1.54, 1.807) is 42.8 Å². The lowest BCUT2D eigenvalue weighted by molar-refractivity contribution is 0.200. The molecule has 6 nitrogen and oxygen atoms in total. The normalized spacial score (nSPS) is 12.5. The first-order valence-electron chi connectivity index (χ1n) is 10.3. The second kappa shape index (κ2) is 10.5. The van der Waals surface area contributed by atoms with Crippen LogP contribution in [0.25, 0.3) is 0 Å². The summed E-state index contributed by atoms with van der Waals surface area (Å²) in [6.07, 6.45) is 6.14. The summed E-state index contributed by atoms with van der Waals surface area (Å²) in [5.74, 6) is 0.450. The number of nitrogens with one attached hydrogen (secondary N) is 1. The van der Waals surface area contributed by atoms with Gasteiger partial charge in [0, 0.05) is 11.4 Å². The Morgan fingerprint density at radius 1 is 0.968 bits per heavy atom. The molecule has 1 N–H and O–H groups in total. The van der Waals surface area contributed by atoms with Crippen molar-refractivity contribution < 1.29 is 21.6 Å². The van der Waals surface area contributed by atoms with Crippen LogP contribution in [-0.4, -0.2) is 33.6 Å². The molecule has 8 heteroatoms. The van der Waals surface area contributed by atoms with Crippen molar-refractivity contribution in [2.45, 2.75) is 56.7 Å². The van der Waals surface area contributed by atoms with Gasteiger partial charge in [-0.1, -0.05) is 47.8 Å². The number of hydrogen-bond donors (Lipinski definition) is 1. The Bertz CT molecular complexity index is 1020. The first kappa shape index (κ1) is 25.2. The molecule has 0 saturated carbocycles. The van der Waals surface area contributed by atoms with Gasteiger partial charge >= 0.3 is 16.2 Å². The van der Waals surface area contributed by atoms with Gasteiger partial charge in [-0.3, -0.25) is 0 Å². The predicted octanol–water partition coefficient (Wildman–Crippen LogP) is 5.63. The second-order valence-corrected chi connectivity index (χ2v) is 12.8. The van der Waals surface area contributed by atoms with Crippen LogP contribution in [0, 0.1) is 20.8 Å². The van der Waals surface area contributed by atoms with Gasteiger partial charge in [0.25, 0.3) is 0 Å². The highest BCUT2D eigenvalue weighted by Gasteiger charge is 2.28. The molecule has 0 saturated heterocycles. The van der Waals surface area contributed by atoms with E-state index in [-0.39, 0.29) is 4.90 Å². The Morgan fingerprint density at radius 3 is 2.23 bits per heavy atom. The minimum Gasteiger partial charge on any atom is -0.410 e. The largest absolute Gasteiger partial charge is 0.412 e. The molecule has 0 aliphatic heterocycles. The molecule has 1 amide bonds. The van der Waals surface area contributed by atoms with E-state index < -0.39 is 26.5 Å². The van der Waals surface area contributed by atoms with Crippen LogP contribution in [0.5, 0.6) is 5.75 Å². The summed E-state index contributed by atoms with van der Waals surface area (Å²) in [7, 11) is -6.05. The average Bonchev–Trinajstić information content (AvgIpc) is 2.67. The summed E-state index contributed by atoms with van der Waals surface area (Å²) < 4.78 is 36.8. The molecule has 2 rings (SSSR count). The van der Waals surface area contributed by atoms with Crippen LogP contribution in [0.2, 0.25) is 0 Å². The van der Waals surface area contributed by atoms with Crippen molar-refractivity contribution >= 4 is 26.5 Å². The topological polar surface area (TPSA) is 81.7 Å². The van der Waals surface area contributed by atoms with Gasteiger partial charge in [-0.2, -0.15) is 8.42 Å². The Labute approximate surface area is 188 Å². The van der Waals surface area contributed by atoms with Crippen LogP contribution in [-0.2, 0) is 13.7 Å². The van der Waals surface area contributed by atoms with Crippen molar-refractivity contribution in [3.05, 3.63) is 53.1 Å². The number of carbonyl (C=O) groups is 1. The van der Waals surface area contributed by atoms with Gasteiger partial charge in [-0.25, -0.2) is 8.42 Å². The van der Waals surface area contributed by atoms with E-state index in [9.17, 15) is 13.2 Å². The second-order valence-electron chi connectivity index (χ2n) is 7.97. The van der Waals surface area contributed by atoms with Crippen LogP contribution in [0.1, 0.15) is 42.9 Å². The Kier molecular flexibility index (Phi) is 8.57. The maximum Gasteiger partial charge on any atom is 0.412 e. The molecule has 0 aromatic heterocycles. The molecule has 0 fully saturated rings. The van der Waals surface area contributed by atoms with Crippen molar-refractivity contribution in [2.24, 2.45) is 0 Å². The van der Waals surface area contributed by atoms with Crippen LogP contribution < -0.4 is 10.1 Å². The van der Waals surface area contributed by atoms with E-state index >= 15 is 0 Å². The summed E-state index contributed by atoms with van der Waals surface area (Å²) >= 11 is 0. The zero-order valence-electron chi connectivity index (χ0n) is 19.2. The summed E-state index contributed by atoms with van der Waals surface area (Å²) in [4.78, 5) is 13.0. The lowest BCUT2D eigenvalue weighted by Crippen LogP contribution is -2.28. The monoisotopic (exact) mass is 467 g/mol. The molecular formula is C23H33NO5S2. The highest BCUT2D eigenvalue weighted by atomic mass is 32.3. The van der Waals surface area contributed by atoms with E-state index in [0.29, 0.717) is 12.3 Å². The molecule has 0 aliphatic carbocycles. The standard InChI is InChI=1S/C23H33NO5S2/c1-7-8-9-14-24-23(25)28-21-15-19(4)22(16-18(21)3)30(5,6)29-31(26,27)20-12-10-17(2)11-13-20/h10-13,15-16H,7-9,14H2,1-6H3,(H,24,25). The molecule has 31 heavy (non-hydrogen) atoms. The number of unbranched alkanes of at least 4 members (excludes halogenated alkanes) is 2.